The monoisotopic (exact) mass is 419 g/mol. The first-order chi connectivity index (χ1) is 13.4. The van der Waals surface area contributed by atoms with E-state index >= 15 is 0 Å². The van der Waals surface area contributed by atoms with E-state index in [1.807, 2.05) is 30.5 Å². The van der Waals surface area contributed by atoms with E-state index in [1.54, 1.807) is 30.9 Å². The zero-order valence-electron chi connectivity index (χ0n) is 15.9. The average molecular weight is 420 g/mol. The second-order valence-electron chi connectivity index (χ2n) is 6.86. The number of ether oxygens (including phenoxy) is 2. The number of carbonyl (C=O) groups excluding carboxylic acids is 2. The van der Waals surface area contributed by atoms with E-state index < -0.39 is 6.04 Å². The molecule has 28 heavy (non-hydrogen) atoms. The number of amides is 2. The fraction of sp³-hybridized carbons (Fsp3) is 0.421. The lowest BCUT2D eigenvalue weighted by Gasteiger charge is -2.29. The Kier molecular flexibility index (Phi) is 4.96. The fourth-order valence-corrected chi connectivity index (χ4v) is 5.82. The van der Waals surface area contributed by atoms with Crippen molar-refractivity contribution in [2.75, 3.05) is 25.3 Å². The van der Waals surface area contributed by atoms with Crippen LogP contribution in [0.1, 0.15) is 19.8 Å². The number of fused-ring (bicyclic) bond motifs is 1. The van der Waals surface area contributed by atoms with Crippen LogP contribution >= 0.6 is 23.1 Å². The molecule has 0 unspecified atom stereocenters. The third-order valence-electron chi connectivity index (χ3n) is 5.16. The van der Waals surface area contributed by atoms with Crippen molar-refractivity contribution in [3.63, 3.8) is 0 Å². The van der Waals surface area contributed by atoms with Crippen LogP contribution in [0.2, 0.25) is 0 Å². The zero-order valence-corrected chi connectivity index (χ0v) is 17.5. The Hall–Kier alpha value is -2.26. The number of anilines is 1. The van der Waals surface area contributed by atoms with Gasteiger partial charge in [0.25, 0.3) is 0 Å². The molecule has 0 bridgehead atoms. The van der Waals surface area contributed by atoms with E-state index in [2.05, 4.69) is 10.3 Å². The highest BCUT2D eigenvalue weighted by Gasteiger charge is 2.52. The van der Waals surface area contributed by atoms with Gasteiger partial charge in [0.15, 0.2) is 16.6 Å². The number of thioether (sulfide) groups is 1. The number of methoxy groups -OCH3 is 2. The van der Waals surface area contributed by atoms with Crippen molar-refractivity contribution in [3.05, 3.63) is 23.6 Å². The van der Waals surface area contributed by atoms with E-state index in [1.165, 1.54) is 11.3 Å². The van der Waals surface area contributed by atoms with E-state index in [0.29, 0.717) is 28.8 Å². The number of nitrogens with zero attached hydrogens (tertiary/aromatic N) is 2. The molecule has 1 aromatic heterocycles. The number of benzene rings is 1. The molecule has 2 fully saturated rings. The summed E-state index contributed by atoms with van der Waals surface area (Å²) in [6, 6.07) is 5.12. The summed E-state index contributed by atoms with van der Waals surface area (Å²) < 4.78 is 10.6. The molecular weight excluding hydrogens is 398 g/mol. The lowest BCUT2D eigenvalue weighted by Crippen LogP contribution is -2.48. The van der Waals surface area contributed by atoms with Gasteiger partial charge in [-0.2, -0.15) is 0 Å². The summed E-state index contributed by atoms with van der Waals surface area (Å²) in [6.45, 7) is 2.04. The Labute approximate surface area is 171 Å². The normalized spacial score (nSPS) is 23.6. The van der Waals surface area contributed by atoms with Gasteiger partial charge in [0, 0.05) is 23.1 Å². The van der Waals surface area contributed by atoms with Gasteiger partial charge in [-0.1, -0.05) is 0 Å². The standard InChI is InChI=1S/C19H21N3O4S2/c1-19-7-6-16(23)22(19)13(10-28-19)17(24)21-18-20-12(9-27-18)11-4-5-14(25-2)15(8-11)26-3/h4-5,8-9,13H,6-7,10H2,1-3H3,(H,20,21,24)/t13-,19-/m1/s1. The Morgan fingerprint density at radius 2 is 2.11 bits per heavy atom. The first-order valence-corrected chi connectivity index (χ1v) is 10.8. The van der Waals surface area contributed by atoms with E-state index in [0.717, 1.165) is 17.7 Å². The fourth-order valence-electron chi connectivity index (χ4n) is 3.66. The molecule has 0 saturated carbocycles. The van der Waals surface area contributed by atoms with Crippen molar-refractivity contribution in [1.82, 2.24) is 9.88 Å². The van der Waals surface area contributed by atoms with Gasteiger partial charge < -0.3 is 19.7 Å². The third-order valence-corrected chi connectivity index (χ3v) is 7.42. The topological polar surface area (TPSA) is 80.8 Å². The van der Waals surface area contributed by atoms with Crippen molar-refractivity contribution in [2.45, 2.75) is 30.7 Å². The molecule has 0 radical (unpaired) electrons. The highest BCUT2D eigenvalue weighted by Crippen LogP contribution is 2.47. The molecule has 0 aliphatic carbocycles. The van der Waals surface area contributed by atoms with Crippen LogP contribution < -0.4 is 14.8 Å². The van der Waals surface area contributed by atoms with Crippen LogP contribution in [0.15, 0.2) is 23.6 Å². The van der Waals surface area contributed by atoms with Gasteiger partial charge in [0.05, 0.1) is 24.8 Å². The van der Waals surface area contributed by atoms with Crippen LogP contribution in [-0.4, -0.2) is 52.6 Å². The maximum absolute atomic E-state index is 12.8. The zero-order chi connectivity index (χ0) is 19.9. The number of aromatic nitrogens is 1. The van der Waals surface area contributed by atoms with Gasteiger partial charge in [-0.05, 0) is 31.5 Å². The van der Waals surface area contributed by atoms with Gasteiger partial charge in [0.1, 0.15) is 6.04 Å². The molecule has 148 valence electrons. The van der Waals surface area contributed by atoms with Crippen LogP contribution in [0.4, 0.5) is 5.13 Å². The second kappa shape index (κ2) is 7.29. The molecule has 0 spiro atoms. The minimum atomic E-state index is -0.446. The molecule has 1 aromatic carbocycles. The number of hydrogen-bond acceptors (Lipinski definition) is 7. The third kappa shape index (κ3) is 3.22. The molecular formula is C19H21N3O4S2. The number of rotatable bonds is 5. The first-order valence-electron chi connectivity index (χ1n) is 8.90. The SMILES string of the molecule is COc1ccc(-c2csc(NC(=O)[C@H]3CS[C@]4(C)CCC(=O)N34)n2)cc1OC. The molecule has 3 heterocycles. The van der Waals surface area contributed by atoms with Crippen LogP contribution in [0.5, 0.6) is 11.5 Å². The van der Waals surface area contributed by atoms with Gasteiger partial charge in [-0.25, -0.2) is 4.98 Å². The summed E-state index contributed by atoms with van der Waals surface area (Å²) >= 11 is 3.03. The van der Waals surface area contributed by atoms with Crippen LogP contribution in [0.25, 0.3) is 11.3 Å². The van der Waals surface area contributed by atoms with Crippen molar-refractivity contribution in [3.8, 4) is 22.8 Å². The minimum Gasteiger partial charge on any atom is -0.493 e. The van der Waals surface area contributed by atoms with Crippen molar-refractivity contribution in [1.29, 1.82) is 0 Å². The lowest BCUT2D eigenvalue weighted by atomic mass is 10.1. The predicted octanol–water partition coefficient (Wildman–Crippen LogP) is 3.22. The van der Waals surface area contributed by atoms with E-state index in [-0.39, 0.29) is 16.7 Å². The smallest absolute Gasteiger partial charge is 0.249 e. The molecule has 2 aromatic rings. The van der Waals surface area contributed by atoms with Gasteiger partial charge >= 0.3 is 0 Å². The van der Waals surface area contributed by atoms with Crippen LogP contribution in [-0.2, 0) is 9.59 Å². The molecule has 2 saturated heterocycles. The highest BCUT2D eigenvalue weighted by atomic mass is 32.2. The summed E-state index contributed by atoms with van der Waals surface area (Å²) in [6.07, 6.45) is 1.30. The maximum atomic E-state index is 12.8. The van der Waals surface area contributed by atoms with E-state index in [4.69, 9.17) is 9.47 Å². The quantitative estimate of drug-likeness (QED) is 0.802. The molecule has 2 aliphatic rings. The molecule has 2 amide bonds. The van der Waals surface area contributed by atoms with Gasteiger partial charge in [0.2, 0.25) is 11.8 Å². The number of carbonyl (C=O) groups is 2. The maximum Gasteiger partial charge on any atom is 0.249 e. The first kappa shape index (κ1) is 19.1. The largest absolute Gasteiger partial charge is 0.493 e. The van der Waals surface area contributed by atoms with Crippen LogP contribution in [0.3, 0.4) is 0 Å². The Morgan fingerprint density at radius 3 is 2.86 bits per heavy atom. The van der Waals surface area contributed by atoms with Crippen molar-refractivity contribution >= 4 is 40.0 Å². The van der Waals surface area contributed by atoms with Gasteiger partial charge in [-0.15, -0.1) is 23.1 Å². The number of thiazole rings is 1. The van der Waals surface area contributed by atoms with E-state index in [9.17, 15) is 9.59 Å². The minimum absolute atomic E-state index is 0.0535. The highest BCUT2D eigenvalue weighted by molar-refractivity contribution is 8.01. The molecule has 9 heteroatoms. The summed E-state index contributed by atoms with van der Waals surface area (Å²) in [5.74, 6) is 1.75. The molecule has 2 aliphatic heterocycles. The summed E-state index contributed by atoms with van der Waals surface area (Å²) in [7, 11) is 3.17. The van der Waals surface area contributed by atoms with Crippen molar-refractivity contribution < 1.29 is 19.1 Å². The molecule has 2 atom stereocenters. The summed E-state index contributed by atoms with van der Waals surface area (Å²) in [5.41, 5.74) is 1.61. The Morgan fingerprint density at radius 1 is 1.32 bits per heavy atom. The molecule has 7 nitrogen and oxygen atoms in total. The predicted molar refractivity (Wildman–Crippen MR) is 110 cm³/mol. The average Bonchev–Trinajstić information content (AvgIpc) is 3.37. The number of hydrogen-bond donors (Lipinski definition) is 1. The van der Waals surface area contributed by atoms with Crippen LogP contribution in [0, 0.1) is 0 Å². The summed E-state index contributed by atoms with van der Waals surface area (Å²) in [5, 5.41) is 5.28. The molecule has 4 rings (SSSR count). The Balaban J connectivity index is 1.50. The van der Waals surface area contributed by atoms with Gasteiger partial charge in [-0.3, -0.25) is 9.59 Å². The summed E-state index contributed by atoms with van der Waals surface area (Å²) in [4.78, 5) is 31.0. The second-order valence-corrected chi connectivity index (χ2v) is 9.22. The molecule has 1 N–H and O–H groups in total. The lowest BCUT2D eigenvalue weighted by molar-refractivity contribution is -0.135. The Bertz CT molecular complexity index is 932. The number of nitrogens with one attached hydrogen (secondary N) is 1. The van der Waals surface area contributed by atoms with Crippen molar-refractivity contribution in [2.24, 2.45) is 0 Å².